The van der Waals surface area contributed by atoms with E-state index in [0.29, 0.717) is 6.42 Å². The van der Waals surface area contributed by atoms with Gasteiger partial charge in [-0.15, -0.1) is 6.58 Å². The maximum atomic E-state index is 12.3. The fourth-order valence-electron chi connectivity index (χ4n) is 1.97. The minimum atomic E-state index is -1.12. The highest BCUT2D eigenvalue weighted by Gasteiger charge is 2.25. The van der Waals surface area contributed by atoms with E-state index in [1.807, 2.05) is 37.3 Å². The first-order valence-corrected chi connectivity index (χ1v) is 6.86. The summed E-state index contributed by atoms with van der Waals surface area (Å²) in [4.78, 5) is 23.4. The molecule has 1 rings (SSSR count). The molecule has 0 radical (unpaired) electrons. The minimum Gasteiger partial charge on any atom is -0.480 e. The Morgan fingerprint density at radius 3 is 2.57 bits per heavy atom. The number of carboxylic acid groups (broad SMARTS) is 1. The average molecular weight is 291 g/mol. The predicted octanol–water partition coefficient (Wildman–Crippen LogP) is 1.95. The van der Waals surface area contributed by atoms with Crippen LogP contribution in [0.15, 0.2) is 43.0 Å². The molecule has 2 N–H and O–H groups in total. The van der Waals surface area contributed by atoms with Crippen molar-refractivity contribution < 1.29 is 19.4 Å². The molecule has 0 aliphatic carbocycles. The van der Waals surface area contributed by atoms with Crippen LogP contribution < -0.4 is 5.32 Å². The summed E-state index contributed by atoms with van der Waals surface area (Å²) in [6.07, 6.45) is 2.12. The lowest BCUT2D eigenvalue weighted by atomic mass is 9.95. The van der Waals surface area contributed by atoms with Gasteiger partial charge in [0.05, 0.1) is 19.1 Å². The van der Waals surface area contributed by atoms with Crippen LogP contribution >= 0.6 is 0 Å². The van der Waals surface area contributed by atoms with E-state index in [-0.39, 0.29) is 25.0 Å². The molecule has 0 saturated carbocycles. The minimum absolute atomic E-state index is 0.0850. The van der Waals surface area contributed by atoms with Crippen LogP contribution in [0.3, 0.4) is 0 Å². The molecule has 0 aliphatic rings. The molecule has 0 saturated heterocycles. The number of hydrogen-bond acceptors (Lipinski definition) is 3. The Morgan fingerprint density at radius 2 is 2.05 bits per heavy atom. The summed E-state index contributed by atoms with van der Waals surface area (Å²) >= 11 is 0. The van der Waals surface area contributed by atoms with Crippen molar-refractivity contribution in [1.29, 1.82) is 0 Å². The number of nitrogens with one attached hydrogen (secondary N) is 1. The van der Waals surface area contributed by atoms with Gasteiger partial charge in [0.15, 0.2) is 6.04 Å². The van der Waals surface area contributed by atoms with Gasteiger partial charge in [-0.2, -0.15) is 0 Å². The lowest BCUT2D eigenvalue weighted by Crippen LogP contribution is -2.45. The van der Waals surface area contributed by atoms with Gasteiger partial charge in [-0.3, -0.25) is 4.79 Å². The predicted molar refractivity (Wildman–Crippen MR) is 80.1 cm³/mol. The Labute approximate surface area is 124 Å². The normalized spacial score (nSPS) is 13.2. The first-order valence-electron chi connectivity index (χ1n) is 6.86. The smallest absolute Gasteiger partial charge is 0.328 e. The van der Waals surface area contributed by atoms with Crippen molar-refractivity contribution in [2.45, 2.75) is 25.3 Å². The lowest BCUT2D eigenvalue weighted by Gasteiger charge is -2.19. The van der Waals surface area contributed by atoms with E-state index in [4.69, 9.17) is 9.84 Å². The van der Waals surface area contributed by atoms with Crippen molar-refractivity contribution in [1.82, 2.24) is 5.32 Å². The molecule has 2 atom stereocenters. The fourth-order valence-corrected chi connectivity index (χ4v) is 1.97. The highest BCUT2D eigenvalue weighted by Crippen LogP contribution is 2.19. The van der Waals surface area contributed by atoms with Crippen LogP contribution in [0.1, 0.15) is 24.8 Å². The topological polar surface area (TPSA) is 75.6 Å². The molecule has 0 fully saturated rings. The van der Waals surface area contributed by atoms with Crippen LogP contribution in [-0.2, 0) is 14.3 Å². The van der Waals surface area contributed by atoms with Crippen molar-refractivity contribution in [2.75, 3.05) is 13.2 Å². The molecule has 0 aliphatic heterocycles. The van der Waals surface area contributed by atoms with Crippen LogP contribution in [0.4, 0.5) is 0 Å². The van der Waals surface area contributed by atoms with Crippen molar-refractivity contribution >= 4 is 11.9 Å². The molecule has 0 aromatic heterocycles. The number of carboxylic acids is 1. The maximum Gasteiger partial charge on any atom is 0.328 e. The molecule has 1 amide bonds. The fraction of sp³-hybridized carbons (Fsp3) is 0.375. The molecule has 21 heavy (non-hydrogen) atoms. The summed E-state index contributed by atoms with van der Waals surface area (Å²) in [7, 11) is 0. The second-order valence-electron chi connectivity index (χ2n) is 4.60. The molecule has 5 nitrogen and oxygen atoms in total. The van der Waals surface area contributed by atoms with E-state index in [9.17, 15) is 9.59 Å². The number of ether oxygens (including phenoxy) is 1. The van der Waals surface area contributed by atoms with Gasteiger partial charge in [0, 0.05) is 0 Å². The number of amides is 1. The van der Waals surface area contributed by atoms with Gasteiger partial charge in [0.2, 0.25) is 5.91 Å². The highest BCUT2D eigenvalue weighted by atomic mass is 16.5. The Balaban J connectivity index is 2.70. The van der Waals surface area contributed by atoms with Gasteiger partial charge >= 0.3 is 5.97 Å². The molecule has 2 unspecified atom stereocenters. The SMILES string of the molecule is C=CCOCC(NC(=O)C(CC)c1ccccc1)C(=O)O. The van der Waals surface area contributed by atoms with Crippen LogP contribution in [0, 0.1) is 0 Å². The second-order valence-corrected chi connectivity index (χ2v) is 4.60. The van der Waals surface area contributed by atoms with E-state index >= 15 is 0 Å². The summed E-state index contributed by atoms with van der Waals surface area (Å²) in [5, 5.41) is 11.7. The van der Waals surface area contributed by atoms with Gasteiger partial charge in [0.25, 0.3) is 0 Å². The van der Waals surface area contributed by atoms with Gasteiger partial charge in [-0.1, -0.05) is 43.3 Å². The Hall–Kier alpha value is -2.14. The first-order chi connectivity index (χ1) is 10.1. The van der Waals surface area contributed by atoms with E-state index in [0.717, 1.165) is 5.56 Å². The van der Waals surface area contributed by atoms with Gasteiger partial charge < -0.3 is 15.2 Å². The molecule has 0 spiro atoms. The summed E-state index contributed by atoms with van der Waals surface area (Å²) in [5.41, 5.74) is 0.869. The Morgan fingerprint density at radius 1 is 1.38 bits per heavy atom. The zero-order valence-corrected chi connectivity index (χ0v) is 12.1. The van der Waals surface area contributed by atoms with Crippen molar-refractivity contribution in [3.8, 4) is 0 Å². The molecule has 1 aromatic rings. The van der Waals surface area contributed by atoms with E-state index in [1.165, 1.54) is 6.08 Å². The van der Waals surface area contributed by atoms with Gasteiger partial charge in [-0.25, -0.2) is 4.79 Å². The molecule has 0 bridgehead atoms. The van der Waals surface area contributed by atoms with Crippen molar-refractivity contribution in [3.05, 3.63) is 48.6 Å². The summed E-state index contributed by atoms with van der Waals surface area (Å²) in [5.74, 6) is -1.79. The van der Waals surface area contributed by atoms with Crippen LogP contribution in [0.2, 0.25) is 0 Å². The largest absolute Gasteiger partial charge is 0.480 e. The van der Waals surface area contributed by atoms with Crippen molar-refractivity contribution in [2.24, 2.45) is 0 Å². The number of benzene rings is 1. The molecule has 1 aromatic carbocycles. The molecular formula is C16H21NO4. The molecular weight excluding hydrogens is 270 g/mol. The maximum absolute atomic E-state index is 12.3. The van der Waals surface area contributed by atoms with Crippen LogP contribution in [0.25, 0.3) is 0 Å². The van der Waals surface area contributed by atoms with Crippen molar-refractivity contribution in [3.63, 3.8) is 0 Å². The summed E-state index contributed by atoms with van der Waals surface area (Å²) < 4.78 is 5.11. The molecule has 5 heteroatoms. The number of aliphatic carboxylic acids is 1. The van der Waals surface area contributed by atoms with Gasteiger partial charge in [-0.05, 0) is 12.0 Å². The third-order valence-corrected chi connectivity index (χ3v) is 3.06. The van der Waals surface area contributed by atoms with E-state index in [2.05, 4.69) is 11.9 Å². The summed E-state index contributed by atoms with van der Waals surface area (Å²) in [6, 6.07) is 8.24. The van der Waals surface area contributed by atoms with E-state index < -0.39 is 12.0 Å². The highest BCUT2D eigenvalue weighted by molar-refractivity contribution is 5.88. The number of hydrogen-bond donors (Lipinski definition) is 2. The standard InChI is InChI=1S/C16H21NO4/c1-3-10-21-11-14(16(19)20)17-15(18)13(4-2)12-8-6-5-7-9-12/h3,5-9,13-14H,1,4,10-11H2,2H3,(H,17,18)(H,19,20). The third-order valence-electron chi connectivity index (χ3n) is 3.06. The average Bonchev–Trinajstić information content (AvgIpc) is 2.48. The molecule has 114 valence electrons. The summed E-state index contributed by atoms with van der Waals surface area (Å²) in [6.45, 7) is 5.54. The van der Waals surface area contributed by atoms with Gasteiger partial charge in [0.1, 0.15) is 0 Å². The zero-order valence-electron chi connectivity index (χ0n) is 12.1. The number of carbonyl (C=O) groups is 2. The van der Waals surface area contributed by atoms with Crippen LogP contribution in [0.5, 0.6) is 0 Å². The Kier molecular flexibility index (Phi) is 7.18. The third kappa shape index (κ3) is 5.39. The quantitative estimate of drug-likeness (QED) is 0.538. The number of carbonyl (C=O) groups excluding carboxylic acids is 1. The molecule has 0 heterocycles. The first kappa shape index (κ1) is 16.9. The lowest BCUT2D eigenvalue weighted by molar-refractivity contribution is -0.143. The van der Waals surface area contributed by atoms with E-state index in [1.54, 1.807) is 0 Å². The zero-order chi connectivity index (χ0) is 15.7. The second kappa shape index (κ2) is 8.92. The Bertz CT molecular complexity index is 472. The van der Waals surface area contributed by atoms with Crippen LogP contribution in [-0.4, -0.2) is 36.2 Å². The number of rotatable bonds is 9. The monoisotopic (exact) mass is 291 g/mol.